The Morgan fingerprint density at radius 3 is 2.25 bits per heavy atom. The molecule has 0 spiro atoms. The summed E-state index contributed by atoms with van der Waals surface area (Å²) in [5.41, 5.74) is 0.806. The third-order valence-corrected chi connectivity index (χ3v) is 5.63. The highest BCUT2D eigenvalue weighted by Crippen LogP contribution is 2.52. The first kappa shape index (κ1) is 15.1. The molecule has 1 aliphatic heterocycles. The van der Waals surface area contributed by atoms with Crippen molar-refractivity contribution in [2.45, 2.75) is 12.8 Å². The fourth-order valence-electron chi connectivity index (χ4n) is 4.36. The van der Waals surface area contributed by atoms with Gasteiger partial charge in [-0.25, -0.2) is 0 Å². The molecule has 1 saturated heterocycles. The molecule has 1 saturated carbocycles. The monoisotopic (exact) mass is 324 g/mol. The summed E-state index contributed by atoms with van der Waals surface area (Å²) in [5, 5.41) is 0. The van der Waals surface area contributed by atoms with Crippen LogP contribution in [0.1, 0.15) is 12.8 Å². The Bertz CT molecular complexity index is 697. The van der Waals surface area contributed by atoms with Crippen LogP contribution < -0.4 is 4.90 Å². The van der Waals surface area contributed by atoms with E-state index in [1.165, 1.54) is 4.90 Å². The van der Waals surface area contributed by atoms with Crippen molar-refractivity contribution in [2.75, 3.05) is 18.5 Å². The predicted octanol–water partition coefficient (Wildman–Crippen LogP) is 1.85. The van der Waals surface area contributed by atoms with Crippen LogP contribution in [0.25, 0.3) is 0 Å². The van der Waals surface area contributed by atoms with Gasteiger partial charge in [0.25, 0.3) is 0 Å². The van der Waals surface area contributed by atoms with Gasteiger partial charge in [0.15, 0.2) is 0 Å². The molecule has 2 bridgehead atoms. The number of rotatable bonds is 4. The number of likely N-dealkylation sites (tertiary alicyclic amines) is 1. The van der Waals surface area contributed by atoms with E-state index in [0.29, 0.717) is 0 Å². The number of amides is 3. The first-order chi connectivity index (χ1) is 11.6. The van der Waals surface area contributed by atoms with Crippen LogP contribution in [0.2, 0.25) is 0 Å². The van der Waals surface area contributed by atoms with Crippen LogP contribution in [0.15, 0.2) is 42.5 Å². The lowest BCUT2D eigenvalue weighted by molar-refractivity contribution is -0.140. The molecule has 4 atom stereocenters. The third-order valence-electron chi connectivity index (χ3n) is 5.63. The second-order valence-electron chi connectivity index (χ2n) is 6.87. The van der Waals surface area contributed by atoms with Gasteiger partial charge < -0.3 is 4.90 Å². The Labute approximate surface area is 140 Å². The van der Waals surface area contributed by atoms with Crippen molar-refractivity contribution in [3.63, 3.8) is 0 Å². The molecule has 1 aromatic rings. The second kappa shape index (κ2) is 5.58. The normalized spacial score (nSPS) is 30.1. The molecule has 1 heterocycles. The van der Waals surface area contributed by atoms with E-state index in [4.69, 9.17) is 0 Å². The Morgan fingerprint density at radius 2 is 1.67 bits per heavy atom. The van der Waals surface area contributed by atoms with Crippen molar-refractivity contribution in [1.82, 2.24) is 4.90 Å². The molecule has 3 aliphatic rings. The third kappa shape index (κ3) is 2.19. The van der Waals surface area contributed by atoms with Gasteiger partial charge in [-0.15, -0.1) is 0 Å². The molecule has 5 nitrogen and oxygen atoms in total. The average molecular weight is 324 g/mol. The molecule has 0 N–H and O–H groups in total. The Kier molecular flexibility index (Phi) is 3.52. The summed E-state index contributed by atoms with van der Waals surface area (Å²) < 4.78 is 0. The largest absolute Gasteiger partial charge is 0.315 e. The Balaban J connectivity index is 1.41. The van der Waals surface area contributed by atoms with Gasteiger partial charge in [-0.3, -0.25) is 19.3 Å². The number of nitrogens with zero attached hydrogens (tertiary/aromatic N) is 2. The highest BCUT2D eigenvalue weighted by Gasteiger charge is 2.59. The first-order valence-corrected chi connectivity index (χ1v) is 8.43. The molecule has 0 unspecified atom stereocenters. The number of anilines is 1. The van der Waals surface area contributed by atoms with Gasteiger partial charge in [-0.05, 0) is 30.4 Å². The summed E-state index contributed by atoms with van der Waals surface area (Å²) in [7, 11) is 1.71. The maximum absolute atomic E-state index is 12.6. The minimum atomic E-state index is -0.186. The van der Waals surface area contributed by atoms with Gasteiger partial charge >= 0.3 is 0 Å². The van der Waals surface area contributed by atoms with E-state index in [2.05, 4.69) is 12.2 Å². The molecule has 124 valence electrons. The summed E-state index contributed by atoms with van der Waals surface area (Å²) in [6.07, 6.45) is 5.24. The van der Waals surface area contributed by atoms with Gasteiger partial charge in [-0.1, -0.05) is 30.4 Å². The fraction of sp³-hybridized carbons (Fsp3) is 0.421. The molecule has 1 aromatic carbocycles. The fourth-order valence-corrected chi connectivity index (χ4v) is 4.36. The van der Waals surface area contributed by atoms with Crippen LogP contribution in [-0.4, -0.2) is 36.2 Å². The number of carbonyl (C=O) groups is 3. The van der Waals surface area contributed by atoms with Gasteiger partial charge in [0.05, 0.1) is 11.8 Å². The average Bonchev–Trinajstić information content (AvgIpc) is 3.28. The van der Waals surface area contributed by atoms with Crippen molar-refractivity contribution in [1.29, 1.82) is 0 Å². The van der Waals surface area contributed by atoms with Crippen LogP contribution >= 0.6 is 0 Å². The minimum absolute atomic E-state index is 0.0861. The lowest BCUT2D eigenvalue weighted by Crippen LogP contribution is -2.37. The zero-order valence-electron chi connectivity index (χ0n) is 13.6. The van der Waals surface area contributed by atoms with Crippen LogP contribution in [0.4, 0.5) is 5.69 Å². The number of hydrogen-bond acceptors (Lipinski definition) is 3. The molecule has 2 fully saturated rings. The van der Waals surface area contributed by atoms with Crippen LogP contribution in [0.5, 0.6) is 0 Å². The van der Waals surface area contributed by atoms with E-state index < -0.39 is 0 Å². The summed E-state index contributed by atoms with van der Waals surface area (Å²) in [6, 6.07) is 9.35. The molecule has 0 aromatic heterocycles. The summed E-state index contributed by atoms with van der Waals surface area (Å²) in [5.74, 6) is -0.216. The topological polar surface area (TPSA) is 57.7 Å². The lowest BCUT2D eigenvalue weighted by atomic mass is 9.85. The predicted molar refractivity (Wildman–Crippen MR) is 88.9 cm³/mol. The van der Waals surface area contributed by atoms with E-state index in [9.17, 15) is 14.4 Å². The van der Waals surface area contributed by atoms with Crippen LogP contribution in [0.3, 0.4) is 0 Å². The first-order valence-electron chi connectivity index (χ1n) is 8.43. The quantitative estimate of drug-likeness (QED) is 0.627. The zero-order valence-corrected chi connectivity index (χ0v) is 13.6. The molecule has 3 amide bonds. The number of benzene rings is 1. The smallest absolute Gasteiger partial charge is 0.233 e. The van der Waals surface area contributed by atoms with Gasteiger partial charge in [0, 0.05) is 25.7 Å². The van der Waals surface area contributed by atoms with Crippen molar-refractivity contribution >= 4 is 23.4 Å². The number of para-hydroxylation sites is 1. The molecule has 2 aliphatic carbocycles. The van der Waals surface area contributed by atoms with Gasteiger partial charge in [0.1, 0.15) is 0 Å². The molecule has 4 rings (SSSR count). The second-order valence-corrected chi connectivity index (χ2v) is 6.87. The van der Waals surface area contributed by atoms with E-state index in [1.54, 1.807) is 11.9 Å². The Morgan fingerprint density at radius 1 is 1.08 bits per heavy atom. The molecule has 24 heavy (non-hydrogen) atoms. The van der Waals surface area contributed by atoms with Crippen molar-refractivity contribution in [3.8, 4) is 0 Å². The highest BCUT2D eigenvalue weighted by atomic mass is 16.2. The standard InChI is InChI=1S/C19H20N2O3/c1-20(14-5-3-2-4-6-14)15(22)9-10-21-18(23)16-12-7-8-13(11-12)17(16)19(21)24/h2-8,12-13,16-17H,9-11H2,1H3/t12-,13-,16-,17-/m0/s1. The zero-order chi connectivity index (χ0) is 16.8. The van der Waals surface area contributed by atoms with E-state index in [0.717, 1.165) is 12.1 Å². The van der Waals surface area contributed by atoms with E-state index in [-0.39, 0.29) is 54.4 Å². The summed E-state index contributed by atoms with van der Waals surface area (Å²) >= 11 is 0. The van der Waals surface area contributed by atoms with E-state index in [1.807, 2.05) is 30.3 Å². The maximum atomic E-state index is 12.6. The molecule has 5 heteroatoms. The summed E-state index contributed by atoms with van der Waals surface area (Å²) in [6.45, 7) is 0.181. The maximum Gasteiger partial charge on any atom is 0.233 e. The number of fused-ring (bicyclic) bond motifs is 5. The highest BCUT2D eigenvalue weighted by molar-refractivity contribution is 6.06. The minimum Gasteiger partial charge on any atom is -0.315 e. The number of carbonyl (C=O) groups excluding carboxylic acids is 3. The number of allylic oxidation sites excluding steroid dienone is 2. The van der Waals surface area contributed by atoms with Crippen molar-refractivity contribution in [2.24, 2.45) is 23.7 Å². The molecule has 0 radical (unpaired) electrons. The Hall–Kier alpha value is -2.43. The lowest BCUT2D eigenvalue weighted by Gasteiger charge is -2.20. The molecular weight excluding hydrogens is 304 g/mol. The van der Waals surface area contributed by atoms with Crippen LogP contribution in [0, 0.1) is 23.7 Å². The summed E-state index contributed by atoms with van der Waals surface area (Å²) in [4.78, 5) is 40.4. The van der Waals surface area contributed by atoms with E-state index >= 15 is 0 Å². The van der Waals surface area contributed by atoms with Gasteiger partial charge in [0.2, 0.25) is 17.7 Å². The van der Waals surface area contributed by atoms with Gasteiger partial charge in [-0.2, -0.15) is 0 Å². The van der Waals surface area contributed by atoms with Crippen LogP contribution in [-0.2, 0) is 14.4 Å². The SMILES string of the molecule is CN(C(=O)CCN1C(=O)[C@@H]2[C@@H](C1=O)[C@H]1C=C[C@H]2C1)c1ccccc1. The van der Waals surface area contributed by atoms with Crippen molar-refractivity contribution < 1.29 is 14.4 Å². The molecular formula is C19H20N2O3. The number of hydrogen-bond donors (Lipinski definition) is 0. The van der Waals surface area contributed by atoms with Crippen molar-refractivity contribution in [3.05, 3.63) is 42.5 Å². The number of imide groups is 1.